The largest absolute Gasteiger partial charge is 0.344 e. The second-order valence-corrected chi connectivity index (χ2v) is 6.63. The van der Waals surface area contributed by atoms with Gasteiger partial charge in [0.2, 0.25) is 5.91 Å². The van der Waals surface area contributed by atoms with E-state index in [0.29, 0.717) is 19.0 Å². The van der Waals surface area contributed by atoms with Crippen molar-refractivity contribution in [1.29, 1.82) is 0 Å². The third-order valence-electron chi connectivity index (χ3n) is 5.07. The number of hydrogen-bond acceptors (Lipinski definition) is 3. The number of rotatable bonds is 2. The molecule has 0 bridgehead atoms. The number of aromatic nitrogens is 1. The molecule has 1 aromatic carbocycles. The Balaban J connectivity index is 1.79. The first-order chi connectivity index (χ1) is 11.6. The maximum absolute atomic E-state index is 12.2. The van der Waals surface area contributed by atoms with Crippen LogP contribution in [-0.4, -0.2) is 36.1 Å². The van der Waals surface area contributed by atoms with Crippen LogP contribution in [0.4, 0.5) is 10.5 Å². The summed E-state index contributed by atoms with van der Waals surface area (Å²) in [5, 5.41) is 6.93. The molecule has 6 heteroatoms. The van der Waals surface area contributed by atoms with Gasteiger partial charge in [-0.1, -0.05) is 6.07 Å². The van der Waals surface area contributed by atoms with Crippen LogP contribution in [0.3, 0.4) is 0 Å². The third kappa shape index (κ3) is 2.47. The first-order valence-electron chi connectivity index (χ1n) is 8.57. The molecular weight excluding hydrogens is 304 g/mol. The van der Waals surface area contributed by atoms with Crippen molar-refractivity contribution < 1.29 is 9.59 Å². The summed E-state index contributed by atoms with van der Waals surface area (Å²) in [6.07, 6.45) is 4.78. The van der Waals surface area contributed by atoms with Crippen molar-refractivity contribution in [3.05, 3.63) is 30.0 Å². The standard InChI is InChI=1S/C18H22N4O2/c1-12-11-22(13-5-8-19-9-6-13)15-4-2-3-14(17(12)15)21-10-7-16(23)20-18(21)24/h2-4,11,13,19H,5-10H2,1H3,(H,20,23,24). The monoisotopic (exact) mass is 326 g/mol. The van der Waals surface area contributed by atoms with E-state index in [9.17, 15) is 9.59 Å². The Hall–Kier alpha value is -2.34. The summed E-state index contributed by atoms with van der Waals surface area (Å²) >= 11 is 0. The van der Waals surface area contributed by atoms with E-state index < -0.39 is 0 Å². The Labute approximate surface area is 140 Å². The zero-order valence-corrected chi connectivity index (χ0v) is 13.8. The van der Waals surface area contributed by atoms with Gasteiger partial charge in [-0.25, -0.2) is 4.79 Å². The lowest BCUT2D eigenvalue weighted by molar-refractivity contribution is -0.120. The summed E-state index contributed by atoms with van der Waals surface area (Å²) in [6, 6.07) is 6.26. The molecule has 6 nitrogen and oxygen atoms in total. The van der Waals surface area contributed by atoms with Gasteiger partial charge in [0.25, 0.3) is 0 Å². The molecular formula is C18H22N4O2. The molecule has 2 N–H and O–H groups in total. The van der Waals surface area contributed by atoms with Gasteiger partial charge >= 0.3 is 6.03 Å². The molecule has 4 rings (SSSR count). The van der Waals surface area contributed by atoms with Crippen molar-refractivity contribution in [3.8, 4) is 0 Å². The predicted octanol–water partition coefficient (Wildman–Crippen LogP) is 2.32. The average molecular weight is 326 g/mol. The van der Waals surface area contributed by atoms with Crippen LogP contribution < -0.4 is 15.5 Å². The fourth-order valence-electron chi connectivity index (χ4n) is 3.90. The van der Waals surface area contributed by atoms with Gasteiger partial charge in [-0.2, -0.15) is 0 Å². The minimum atomic E-state index is -0.326. The molecule has 0 unspecified atom stereocenters. The molecule has 0 saturated carbocycles. The summed E-state index contributed by atoms with van der Waals surface area (Å²) < 4.78 is 2.36. The van der Waals surface area contributed by atoms with Crippen LogP contribution in [0, 0.1) is 6.92 Å². The lowest BCUT2D eigenvalue weighted by atomic mass is 10.1. The van der Waals surface area contributed by atoms with E-state index in [1.54, 1.807) is 4.90 Å². The molecule has 2 aliphatic rings. The summed E-state index contributed by atoms with van der Waals surface area (Å²) in [5.41, 5.74) is 3.23. The van der Waals surface area contributed by atoms with Gasteiger partial charge in [-0.15, -0.1) is 0 Å². The maximum atomic E-state index is 12.2. The number of urea groups is 1. The van der Waals surface area contributed by atoms with E-state index in [0.717, 1.165) is 37.0 Å². The number of carbonyl (C=O) groups excluding carboxylic acids is 2. The van der Waals surface area contributed by atoms with E-state index in [1.807, 2.05) is 12.1 Å². The van der Waals surface area contributed by atoms with Crippen molar-refractivity contribution in [2.24, 2.45) is 0 Å². The zero-order chi connectivity index (χ0) is 16.7. The zero-order valence-electron chi connectivity index (χ0n) is 13.8. The minimum absolute atomic E-state index is 0.201. The molecule has 0 atom stereocenters. The fourth-order valence-corrected chi connectivity index (χ4v) is 3.90. The molecule has 3 heterocycles. The van der Waals surface area contributed by atoms with E-state index in [4.69, 9.17) is 0 Å². The van der Waals surface area contributed by atoms with E-state index in [2.05, 4.69) is 34.4 Å². The number of hydrogen-bond donors (Lipinski definition) is 2. The molecule has 24 heavy (non-hydrogen) atoms. The first kappa shape index (κ1) is 15.2. The van der Waals surface area contributed by atoms with Crippen LogP contribution in [0.15, 0.2) is 24.4 Å². The highest BCUT2D eigenvalue weighted by atomic mass is 16.2. The lowest BCUT2D eigenvalue weighted by Gasteiger charge is -2.28. The normalized spacial score (nSPS) is 19.8. The highest BCUT2D eigenvalue weighted by Gasteiger charge is 2.27. The fraction of sp³-hybridized carbons (Fsp3) is 0.444. The molecule has 0 spiro atoms. The number of benzene rings is 1. The topological polar surface area (TPSA) is 66.4 Å². The summed E-state index contributed by atoms with van der Waals surface area (Å²) in [5.74, 6) is -0.201. The van der Waals surface area contributed by atoms with Crippen LogP contribution in [0.5, 0.6) is 0 Å². The molecule has 2 fully saturated rings. The Kier molecular flexibility index (Phi) is 3.76. The number of piperidine rings is 1. The first-order valence-corrected chi connectivity index (χ1v) is 8.57. The number of amides is 3. The third-order valence-corrected chi connectivity index (χ3v) is 5.07. The van der Waals surface area contributed by atoms with Gasteiger partial charge in [-0.05, 0) is 50.6 Å². The number of nitrogens with one attached hydrogen (secondary N) is 2. The molecule has 1 aromatic heterocycles. The number of anilines is 1. The van der Waals surface area contributed by atoms with Gasteiger partial charge in [0.15, 0.2) is 0 Å². The van der Waals surface area contributed by atoms with E-state index >= 15 is 0 Å². The van der Waals surface area contributed by atoms with Crippen molar-refractivity contribution >= 4 is 28.5 Å². The van der Waals surface area contributed by atoms with E-state index in [-0.39, 0.29) is 11.9 Å². The average Bonchev–Trinajstić information content (AvgIpc) is 2.93. The number of aryl methyl sites for hydroxylation is 1. The Morgan fingerprint density at radius 3 is 2.71 bits per heavy atom. The smallest absolute Gasteiger partial charge is 0.328 e. The van der Waals surface area contributed by atoms with Gasteiger partial charge in [0.1, 0.15) is 0 Å². The second-order valence-electron chi connectivity index (χ2n) is 6.63. The number of imide groups is 1. The van der Waals surface area contributed by atoms with Gasteiger partial charge in [0, 0.05) is 30.6 Å². The molecule has 2 aromatic rings. The number of carbonyl (C=O) groups is 2. The Morgan fingerprint density at radius 1 is 1.17 bits per heavy atom. The lowest BCUT2D eigenvalue weighted by Crippen LogP contribution is -2.49. The second kappa shape index (κ2) is 5.94. The van der Waals surface area contributed by atoms with Crippen molar-refractivity contribution in [2.45, 2.75) is 32.2 Å². The Morgan fingerprint density at radius 2 is 1.96 bits per heavy atom. The van der Waals surface area contributed by atoms with Crippen molar-refractivity contribution in [3.63, 3.8) is 0 Å². The molecule has 0 aliphatic carbocycles. The summed E-state index contributed by atoms with van der Waals surface area (Å²) in [7, 11) is 0. The Bertz CT molecular complexity index is 805. The van der Waals surface area contributed by atoms with Gasteiger partial charge in [0.05, 0.1) is 11.2 Å². The van der Waals surface area contributed by atoms with Crippen LogP contribution in [0.25, 0.3) is 10.9 Å². The summed E-state index contributed by atoms with van der Waals surface area (Å²) in [4.78, 5) is 25.4. The predicted molar refractivity (Wildman–Crippen MR) is 93.3 cm³/mol. The highest BCUT2D eigenvalue weighted by molar-refractivity contribution is 6.10. The molecule has 2 saturated heterocycles. The molecule has 126 valence electrons. The van der Waals surface area contributed by atoms with Crippen molar-refractivity contribution in [1.82, 2.24) is 15.2 Å². The highest BCUT2D eigenvalue weighted by Crippen LogP contribution is 2.35. The number of fused-ring (bicyclic) bond motifs is 1. The molecule has 2 aliphatic heterocycles. The van der Waals surface area contributed by atoms with Crippen LogP contribution in [-0.2, 0) is 4.79 Å². The van der Waals surface area contributed by atoms with Gasteiger partial charge < -0.3 is 9.88 Å². The van der Waals surface area contributed by atoms with E-state index in [1.165, 1.54) is 11.1 Å². The van der Waals surface area contributed by atoms with Crippen molar-refractivity contribution in [2.75, 3.05) is 24.5 Å². The molecule has 3 amide bonds. The maximum Gasteiger partial charge on any atom is 0.328 e. The molecule has 0 radical (unpaired) electrons. The minimum Gasteiger partial charge on any atom is -0.344 e. The SMILES string of the molecule is Cc1cn(C2CCNCC2)c2cccc(N3CCC(=O)NC3=O)c12. The van der Waals surface area contributed by atoms with Gasteiger partial charge in [-0.3, -0.25) is 15.0 Å². The quantitative estimate of drug-likeness (QED) is 0.890. The summed E-state index contributed by atoms with van der Waals surface area (Å²) in [6.45, 7) is 4.61. The van der Waals surface area contributed by atoms with Crippen LogP contribution >= 0.6 is 0 Å². The number of nitrogens with zero attached hydrogens (tertiary/aromatic N) is 2. The van der Waals surface area contributed by atoms with Crippen LogP contribution in [0.2, 0.25) is 0 Å². The van der Waals surface area contributed by atoms with Crippen LogP contribution in [0.1, 0.15) is 30.9 Å².